The normalized spacial score (nSPS) is 11.8. The number of rotatable bonds is 5. The van der Waals surface area contributed by atoms with Crippen LogP contribution in [0, 0.1) is 12.7 Å². The molecule has 0 saturated carbocycles. The highest BCUT2D eigenvalue weighted by Gasteiger charge is 2.21. The molecule has 39 heavy (non-hydrogen) atoms. The number of oxazole rings is 1. The maximum Gasteiger partial charge on any atom is 0.299 e. The number of halogens is 1. The molecule has 200 valence electrons. The zero-order valence-corrected chi connectivity index (χ0v) is 22.7. The molecule has 10 heteroatoms. The molecule has 5 aromatic rings. The van der Waals surface area contributed by atoms with Gasteiger partial charge in [0.25, 0.3) is 17.1 Å². The number of benzene rings is 1. The highest BCUT2D eigenvalue weighted by molar-refractivity contribution is 5.83. The van der Waals surface area contributed by atoms with E-state index in [1.54, 1.807) is 44.7 Å². The lowest BCUT2D eigenvalue weighted by atomic mass is 9.86. The molecule has 0 aliphatic rings. The summed E-state index contributed by atoms with van der Waals surface area (Å²) in [7, 11) is 1.65. The predicted octanol–water partition coefficient (Wildman–Crippen LogP) is 5.19. The second-order valence-corrected chi connectivity index (χ2v) is 10.5. The van der Waals surface area contributed by atoms with Crippen molar-refractivity contribution in [2.24, 2.45) is 7.05 Å². The molecule has 9 nitrogen and oxygen atoms in total. The van der Waals surface area contributed by atoms with Gasteiger partial charge < -0.3 is 14.3 Å². The number of fused-ring (bicyclic) bond motifs is 1. The first-order valence-electron chi connectivity index (χ1n) is 12.6. The van der Waals surface area contributed by atoms with Gasteiger partial charge in [0.1, 0.15) is 17.3 Å². The fourth-order valence-corrected chi connectivity index (χ4v) is 4.58. The molecule has 0 saturated heterocycles. The van der Waals surface area contributed by atoms with Gasteiger partial charge in [0.05, 0.1) is 17.8 Å². The molecule has 0 atom stereocenters. The van der Waals surface area contributed by atoms with Crippen molar-refractivity contribution >= 4 is 22.5 Å². The number of nitrogens with one attached hydrogen (secondary N) is 1. The van der Waals surface area contributed by atoms with Gasteiger partial charge in [-0.3, -0.25) is 9.59 Å². The Balaban J connectivity index is 1.66. The first-order chi connectivity index (χ1) is 18.5. The van der Waals surface area contributed by atoms with Crippen LogP contribution >= 0.6 is 0 Å². The number of nitrogens with zero attached hydrogens (tertiary/aromatic N) is 5. The van der Waals surface area contributed by atoms with Gasteiger partial charge in [-0.1, -0.05) is 27.7 Å². The van der Waals surface area contributed by atoms with Crippen molar-refractivity contribution in [2.45, 2.75) is 46.5 Å². The third-order valence-electron chi connectivity index (χ3n) is 6.65. The van der Waals surface area contributed by atoms with Gasteiger partial charge in [-0.05, 0) is 54.2 Å². The van der Waals surface area contributed by atoms with Crippen LogP contribution in [-0.4, -0.2) is 24.3 Å². The molecular formula is C29H29FN6O3. The minimum Gasteiger partial charge on any atom is -0.429 e. The highest BCUT2D eigenvalue weighted by Crippen LogP contribution is 2.30. The summed E-state index contributed by atoms with van der Waals surface area (Å²) in [4.78, 5) is 34.9. The van der Waals surface area contributed by atoms with Crippen molar-refractivity contribution in [3.8, 4) is 16.9 Å². The third-order valence-corrected chi connectivity index (χ3v) is 6.65. The SMILES string of the molecule is CCc1c(-c2cc(Nc3ncc(C)o3)c(=O)n(C)c2)ccnc1-n1ncc2cc(C(C)(C)C)cc(F)c2c1=O. The standard InChI is InChI=1S/C29H29FN6O3/c1-7-20-21(18-11-23(26(37)35(6)15-18)34-28-32-13-16(2)39-28)8-9-31-25(20)36-27(38)24-17(14-33-36)10-19(12-22(24)30)29(3,4)5/h8-15H,7H2,1-6H3,(H,32,34). The van der Waals surface area contributed by atoms with E-state index in [1.165, 1.54) is 16.8 Å². The molecule has 5 rings (SSSR count). The van der Waals surface area contributed by atoms with E-state index in [0.717, 1.165) is 21.4 Å². The maximum atomic E-state index is 15.3. The van der Waals surface area contributed by atoms with Crippen LogP contribution in [0.15, 0.2) is 63.1 Å². The van der Waals surface area contributed by atoms with Gasteiger partial charge in [0.2, 0.25) is 0 Å². The van der Waals surface area contributed by atoms with Gasteiger partial charge in [-0.25, -0.2) is 14.4 Å². The van der Waals surface area contributed by atoms with E-state index in [0.29, 0.717) is 28.9 Å². The van der Waals surface area contributed by atoms with Gasteiger partial charge in [0, 0.05) is 36.0 Å². The van der Waals surface area contributed by atoms with E-state index in [4.69, 9.17) is 4.42 Å². The third kappa shape index (κ3) is 4.73. The number of aryl methyl sites for hydroxylation is 2. The summed E-state index contributed by atoms with van der Waals surface area (Å²) in [6, 6.07) is 6.92. The molecule has 0 aliphatic heterocycles. The molecule has 0 amide bonds. The Morgan fingerprint density at radius 1 is 1.08 bits per heavy atom. The summed E-state index contributed by atoms with van der Waals surface area (Å²) in [5.41, 5.74) is 2.08. The number of aromatic nitrogens is 5. The number of hydrogen-bond donors (Lipinski definition) is 1. The minimum absolute atomic E-state index is 0.0397. The van der Waals surface area contributed by atoms with Crippen LogP contribution in [0.3, 0.4) is 0 Å². The van der Waals surface area contributed by atoms with Crippen molar-refractivity contribution < 1.29 is 8.81 Å². The van der Waals surface area contributed by atoms with Gasteiger partial charge in [0.15, 0.2) is 5.82 Å². The maximum absolute atomic E-state index is 15.3. The molecule has 0 unspecified atom stereocenters. The topological polar surface area (TPSA) is 108 Å². The minimum atomic E-state index is -0.594. The van der Waals surface area contributed by atoms with Gasteiger partial charge >= 0.3 is 0 Å². The van der Waals surface area contributed by atoms with Gasteiger partial charge in [-0.2, -0.15) is 9.78 Å². The summed E-state index contributed by atoms with van der Waals surface area (Å²) < 4.78 is 23.3. The quantitative estimate of drug-likeness (QED) is 0.335. The Morgan fingerprint density at radius 3 is 2.51 bits per heavy atom. The monoisotopic (exact) mass is 528 g/mol. The summed E-state index contributed by atoms with van der Waals surface area (Å²) >= 11 is 0. The second-order valence-electron chi connectivity index (χ2n) is 10.5. The Hall–Kier alpha value is -4.60. The number of hydrogen-bond acceptors (Lipinski definition) is 7. The van der Waals surface area contributed by atoms with Crippen molar-refractivity contribution in [1.29, 1.82) is 0 Å². The molecule has 1 aromatic carbocycles. The van der Waals surface area contributed by atoms with E-state index in [2.05, 4.69) is 20.4 Å². The lowest BCUT2D eigenvalue weighted by molar-refractivity contribution is 0.545. The van der Waals surface area contributed by atoms with E-state index in [1.807, 2.05) is 33.8 Å². The second kappa shape index (κ2) is 9.61. The number of pyridine rings is 2. The molecule has 0 bridgehead atoms. The summed E-state index contributed by atoms with van der Waals surface area (Å²) in [5, 5.41) is 7.72. The van der Waals surface area contributed by atoms with Crippen LogP contribution in [0.4, 0.5) is 16.1 Å². The first kappa shape index (κ1) is 26.0. The highest BCUT2D eigenvalue weighted by atomic mass is 19.1. The van der Waals surface area contributed by atoms with E-state index in [-0.39, 0.29) is 28.1 Å². The molecule has 4 aromatic heterocycles. The molecular weight excluding hydrogens is 499 g/mol. The average molecular weight is 529 g/mol. The summed E-state index contributed by atoms with van der Waals surface area (Å²) in [5.74, 6) is 0.313. The van der Waals surface area contributed by atoms with Crippen LogP contribution < -0.4 is 16.4 Å². The molecule has 0 spiro atoms. The van der Waals surface area contributed by atoms with Crippen LogP contribution in [0.5, 0.6) is 0 Å². The zero-order chi connectivity index (χ0) is 28.1. The Morgan fingerprint density at radius 2 is 1.85 bits per heavy atom. The van der Waals surface area contributed by atoms with Crippen molar-refractivity contribution in [3.63, 3.8) is 0 Å². The summed E-state index contributed by atoms with van der Waals surface area (Å²) in [6.45, 7) is 9.65. The first-order valence-corrected chi connectivity index (χ1v) is 12.6. The largest absolute Gasteiger partial charge is 0.429 e. The van der Waals surface area contributed by atoms with Crippen LogP contribution in [0.2, 0.25) is 0 Å². The summed E-state index contributed by atoms with van der Waals surface area (Å²) in [6.07, 6.45) is 6.83. The lowest BCUT2D eigenvalue weighted by Gasteiger charge is -2.20. The van der Waals surface area contributed by atoms with Crippen LogP contribution in [0.1, 0.15) is 44.6 Å². The fourth-order valence-electron chi connectivity index (χ4n) is 4.58. The fraction of sp³-hybridized carbons (Fsp3) is 0.276. The van der Waals surface area contributed by atoms with E-state index < -0.39 is 11.4 Å². The number of anilines is 2. The predicted molar refractivity (Wildman–Crippen MR) is 148 cm³/mol. The molecule has 1 N–H and O–H groups in total. The molecule has 4 heterocycles. The van der Waals surface area contributed by atoms with Crippen molar-refractivity contribution in [1.82, 2.24) is 24.3 Å². The average Bonchev–Trinajstić information content (AvgIpc) is 3.30. The van der Waals surface area contributed by atoms with Crippen LogP contribution in [-0.2, 0) is 18.9 Å². The van der Waals surface area contributed by atoms with Crippen molar-refractivity contribution in [2.75, 3.05) is 5.32 Å². The lowest BCUT2D eigenvalue weighted by Crippen LogP contribution is -2.25. The van der Waals surface area contributed by atoms with Gasteiger partial charge in [-0.15, -0.1) is 0 Å². The smallest absolute Gasteiger partial charge is 0.299 e. The van der Waals surface area contributed by atoms with E-state index >= 15 is 4.39 Å². The van der Waals surface area contributed by atoms with E-state index in [9.17, 15) is 9.59 Å². The van der Waals surface area contributed by atoms with Crippen LogP contribution in [0.25, 0.3) is 27.7 Å². The zero-order valence-electron chi connectivity index (χ0n) is 22.7. The molecule has 0 radical (unpaired) electrons. The molecule has 0 aliphatic carbocycles. The Bertz CT molecular complexity index is 1850. The molecule has 0 fully saturated rings. The Labute approximate surface area is 224 Å². The van der Waals surface area contributed by atoms with Crippen molar-refractivity contribution in [3.05, 3.63) is 92.5 Å². The Kier molecular flexibility index (Phi) is 6.41.